The van der Waals surface area contributed by atoms with Crippen LogP contribution in [-0.2, 0) is 14.3 Å². The van der Waals surface area contributed by atoms with E-state index in [1.54, 1.807) is 13.8 Å². The number of hydrogen-bond acceptors (Lipinski definition) is 4. The van der Waals surface area contributed by atoms with E-state index in [0.717, 1.165) is 35.1 Å². The Morgan fingerprint density at radius 2 is 1.61 bits per heavy atom. The van der Waals surface area contributed by atoms with Gasteiger partial charge in [-0.05, 0) is 54.9 Å². The zero-order valence-electron chi connectivity index (χ0n) is 19.0. The highest BCUT2D eigenvalue weighted by molar-refractivity contribution is 5.86. The summed E-state index contributed by atoms with van der Waals surface area (Å²) < 4.78 is 5.55. The molecule has 0 heterocycles. The number of hydrogen-bond donors (Lipinski definition) is 2. The Hall–Kier alpha value is -3.35. The van der Waals surface area contributed by atoms with Gasteiger partial charge < -0.3 is 20.1 Å². The molecule has 4 rings (SSSR count). The van der Waals surface area contributed by atoms with Crippen molar-refractivity contribution in [1.82, 2.24) is 10.2 Å². The van der Waals surface area contributed by atoms with Crippen LogP contribution < -0.4 is 5.32 Å². The van der Waals surface area contributed by atoms with Gasteiger partial charge in [0.2, 0.25) is 5.91 Å². The molecule has 1 saturated carbocycles. The van der Waals surface area contributed by atoms with E-state index >= 15 is 0 Å². The summed E-state index contributed by atoms with van der Waals surface area (Å²) in [5, 5.41) is 11.9. The monoisotopic (exact) mass is 450 g/mol. The number of aliphatic carboxylic acids is 1. The van der Waals surface area contributed by atoms with Gasteiger partial charge in [-0.2, -0.15) is 0 Å². The van der Waals surface area contributed by atoms with Crippen molar-refractivity contribution in [2.45, 2.75) is 32.6 Å². The topological polar surface area (TPSA) is 95.9 Å². The summed E-state index contributed by atoms with van der Waals surface area (Å²) in [4.78, 5) is 38.1. The third-order valence-corrected chi connectivity index (χ3v) is 6.39. The van der Waals surface area contributed by atoms with Crippen molar-refractivity contribution in [3.05, 3.63) is 59.7 Å². The lowest BCUT2D eigenvalue weighted by Crippen LogP contribution is -2.49. The molecule has 0 radical (unpaired) electrons. The molecule has 7 nitrogen and oxygen atoms in total. The number of ether oxygens (including phenoxy) is 1. The summed E-state index contributed by atoms with van der Waals surface area (Å²) in [5.41, 5.74) is 3.62. The van der Waals surface area contributed by atoms with Gasteiger partial charge in [-0.15, -0.1) is 0 Å². The number of carbonyl (C=O) groups excluding carboxylic acids is 2. The number of carbonyl (C=O) groups is 3. The Morgan fingerprint density at radius 1 is 1.03 bits per heavy atom. The third-order valence-electron chi connectivity index (χ3n) is 6.39. The van der Waals surface area contributed by atoms with Crippen LogP contribution in [0.2, 0.25) is 0 Å². The Labute approximate surface area is 193 Å². The lowest BCUT2D eigenvalue weighted by Gasteiger charge is -2.31. The largest absolute Gasteiger partial charge is 0.480 e. The van der Waals surface area contributed by atoms with E-state index in [9.17, 15) is 19.5 Å². The summed E-state index contributed by atoms with van der Waals surface area (Å²) in [6.07, 6.45) is 1.44. The molecule has 1 fully saturated rings. The minimum Gasteiger partial charge on any atom is -0.480 e. The van der Waals surface area contributed by atoms with Crippen molar-refractivity contribution >= 4 is 18.0 Å². The van der Waals surface area contributed by atoms with E-state index in [2.05, 4.69) is 29.6 Å². The van der Waals surface area contributed by atoms with Crippen LogP contribution in [0.15, 0.2) is 48.5 Å². The number of carboxylic acids is 1. The third kappa shape index (κ3) is 5.18. The van der Waals surface area contributed by atoms with Crippen LogP contribution in [0.1, 0.15) is 43.7 Å². The predicted molar refractivity (Wildman–Crippen MR) is 124 cm³/mol. The van der Waals surface area contributed by atoms with Crippen LogP contribution >= 0.6 is 0 Å². The van der Waals surface area contributed by atoms with Gasteiger partial charge in [0.1, 0.15) is 13.2 Å². The zero-order valence-corrected chi connectivity index (χ0v) is 19.0. The number of rotatable bonds is 9. The maximum absolute atomic E-state index is 13.0. The van der Waals surface area contributed by atoms with Crippen LogP contribution in [-0.4, -0.2) is 54.2 Å². The van der Waals surface area contributed by atoms with E-state index in [4.69, 9.17) is 4.74 Å². The number of alkyl carbamates (subject to hydrolysis) is 1. The van der Waals surface area contributed by atoms with Crippen molar-refractivity contribution < 1.29 is 24.2 Å². The summed E-state index contributed by atoms with van der Waals surface area (Å²) in [7, 11) is 0. The first-order valence-electron chi connectivity index (χ1n) is 11.4. The van der Waals surface area contributed by atoms with E-state index < -0.39 is 17.5 Å². The van der Waals surface area contributed by atoms with Crippen molar-refractivity contribution in [3.63, 3.8) is 0 Å². The fourth-order valence-electron chi connectivity index (χ4n) is 4.44. The molecule has 0 bridgehead atoms. The van der Waals surface area contributed by atoms with Crippen molar-refractivity contribution in [2.75, 3.05) is 26.2 Å². The highest BCUT2D eigenvalue weighted by Crippen LogP contribution is 2.44. The Kier molecular flexibility index (Phi) is 6.40. The molecule has 7 heteroatoms. The SMILES string of the molecule is CC(C)(CNC(=O)OCC1c2ccccc2-c2ccccc21)C(=O)N(CC(=O)O)CC1CC1. The fraction of sp³-hybridized carbons (Fsp3) is 0.423. The van der Waals surface area contributed by atoms with Gasteiger partial charge in [-0.1, -0.05) is 48.5 Å². The molecular weight excluding hydrogens is 420 g/mol. The van der Waals surface area contributed by atoms with Gasteiger partial charge in [-0.25, -0.2) is 4.79 Å². The molecule has 2 aromatic rings. The quantitative estimate of drug-likeness (QED) is 0.605. The van der Waals surface area contributed by atoms with Gasteiger partial charge >= 0.3 is 12.1 Å². The van der Waals surface area contributed by atoms with Crippen LogP contribution in [0.3, 0.4) is 0 Å². The Morgan fingerprint density at radius 3 is 2.15 bits per heavy atom. The van der Waals surface area contributed by atoms with Crippen LogP contribution in [0.25, 0.3) is 11.1 Å². The first kappa shape index (κ1) is 22.8. The van der Waals surface area contributed by atoms with Crippen LogP contribution in [0.4, 0.5) is 4.79 Å². The summed E-state index contributed by atoms with van der Waals surface area (Å²) in [6.45, 7) is 3.79. The van der Waals surface area contributed by atoms with Gasteiger partial charge in [0, 0.05) is 19.0 Å². The van der Waals surface area contributed by atoms with Gasteiger partial charge in [0.15, 0.2) is 0 Å². The highest BCUT2D eigenvalue weighted by Gasteiger charge is 2.36. The molecule has 2 aliphatic carbocycles. The summed E-state index contributed by atoms with van der Waals surface area (Å²) >= 11 is 0. The summed E-state index contributed by atoms with van der Waals surface area (Å²) in [5.74, 6) is -0.985. The normalized spacial score (nSPS) is 14.8. The maximum Gasteiger partial charge on any atom is 0.407 e. The minimum atomic E-state index is -1.04. The summed E-state index contributed by atoms with van der Waals surface area (Å²) in [6, 6.07) is 16.2. The number of amides is 2. The Balaban J connectivity index is 1.34. The second-order valence-corrected chi connectivity index (χ2v) is 9.59. The molecule has 33 heavy (non-hydrogen) atoms. The van der Waals surface area contributed by atoms with Crippen molar-refractivity contribution in [1.29, 1.82) is 0 Å². The molecule has 0 unspecified atom stereocenters. The molecule has 0 aromatic heterocycles. The van der Waals surface area contributed by atoms with E-state index in [1.807, 2.05) is 24.3 Å². The van der Waals surface area contributed by atoms with Gasteiger partial charge in [0.05, 0.1) is 5.41 Å². The smallest absolute Gasteiger partial charge is 0.407 e. The Bertz CT molecular complexity index is 1010. The standard InChI is InChI=1S/C26H30N2O5/c1-26(2,24(31)28(14-23(29)30)13-17-11-12-17)16-27-25(32)33-15-22-20-9-5-3-7-18(20)19-8-4-6-10-21(19)22/h3-10,17,22H,11-16H2,1-2H3,(H,27,32)(H,29,30). The maximum atomic E-state index is 13.0. The second-order valence-electron chi connectivity index (χ2n) is 9.59. The fourth-order valence-corrected chi connectivity index (χ4v) is 4.44. The lowest BCUT2D eigenvalue weighted by atomic mass is 9.91. The van der Waals surface area contributed by atoms with E-state index in [0.29, 0.717) is 12.5 Å². The second kappa shape index (κ2) is 9.25. The molecule has 174 valence electrons. The minimum absolute atomic E-state index is 0.0395. The van der Waals surface area contributed by atoms with Crippen molar-refractivity contribution in [2.24, 2.45) is 11.3 Å². The van der Waals surface area contributed by atoms with E-state index in [-0.39, 0.29) is 31.5 Å². The number of carboxylic acid groups (broad SMARTS) is 1. The predicted octanol–water partition coefficient (Wildman–Crippen LogP) is 3.87. The van der Waals surface area contributed by atoms with Gasteiger partial charge in [0.25, 0.3) is 0 Å². The lowest BCUT2D eigenvalue weighted by molar-refractivity contribution is -0.149. The van der Waals surface area contributed by atoms with E-state index in [1.165, 1.54) is 4.90 Å². The van der Waals surface area contributed by atoms with Gasteiger partial charge in [-0.3, -0.25) is 9.59 Å². The first-order valence-corrected chi connectivity index (χ1v) is 11.4. The number of benzene rings is 2. The zero-order chi connectivity index (χ0) is 23.6. The average Bonchev–Trinajstić information content (AvgIpc) is 3.55. The molecule has 0 saturated heterocycles. The van der Waals surface area contributed by atoms with Crippen LogP contribution in [0, 0.1) is 11.3 Å². The average molecular weight is 451 g/mol. The highest BCUT2D eigenvalue weighted by atomic mass is 16.5. The molecule has 0 aliphatic heterocycles. The number of nitrogens with one attached hydrogen (secondary N) is 1. The molecule has 0 spiro atoms. The number of nitrogens with zero attached hydrogens (tertiary/aromatic N) is 1. The van der Waals surface area contributed by atoms with Crippen molar-refractivity contribution in [3.8, 4) is 11.1 Å². The molecule has 2 aliphatic rings. The van der Waals surface area contributed by atoms with Crippen LogP contribution in [0.5, 0.6) is 0 Å². The molecular formula is C26H30N2O5. The molecule has 2 aromatic carbocycles. The molecule has 2 amide bonds. The number of fused-ring (bicyclic) bond motifs is 3. The molecule has 2 N–H and O–H groups in total. The first-order chi connectivity index (χ1) is 15.8. The molecule has 0 atom stereocenters.